The lowest BCUT2D eigenvalue weighted by Crippen LogP contribution is -2.45. The lowest BCUT2D eigenvalue weighted by atomic mass is 10.1. The first-order valence-electron chi connectivity index (χ1n) is 6.38. The number of hydrogen-bond donors (Lipinski definition) is 1. The molecule has 106 valence electrons. The second-order valence-corrected chi connectivity index (χ2v) is 4.82. The van der Waals surface area contributed by atoms with Crippen molar-refractivity contribution in [3.63, 3.8) is 0 Å². The van der Waals surface area contributed by atoms with Gasteiger partial charge >= 0.3 is 0 Å². The predicted molar refractivity (Wildman–Crippen MR) is 71.4 cm³/mol. The number of nitrogens with zero attached hydrogens (tertiary/aromatic N) is 1. The Kier molecular flexibility index (Phi) is 4.63. The maximum absolute atomic E-state index is 9.62. The smallest absolute Gasteiger partial charge is 0.167 e. The number of ether oxygens (including phenoxy) is 3. The topological polar surface area (TPSA) is 51.2 Å². The number of morpholine rings is 1. The number of methoxy groups -OCH3 is 2. The number of aliphatic hydroxyl groups is 1. The highest BCUT2D eigenvalue weighted by Crippen LogP contribution is 2.24. The van der Waals surface area contributed by atoms with E-state index in [0.29, 0.717) is 6.54 Å². The van der Waals surface area contributed by atoms with Crippen LogP contribution in [0.4, 0.5) is 0 Å². The molecular weight excluding hydrogens is 246 g/mol. The number of rotatable bonds is 4. The average molecular weight is 267 g/mol. The normalized spacial score (nSPS) is 24.2. The highest BCUT2D eigenvalue weighted by atomic mass is 16.6. The Bertz CT molecular complexity index is 392. The summed E-state index contributed by atoms with van der Waals surface area (Å²) in [5.41, 5.74) is 1.09. The standard InChI is InChI=1S/C14H21NO4/c1-10-7-15(9-14(16)19-10)8-11-4-12(17-2)6-13(5-11)18-3/h4-6,10,14,16H,7-9H2,1-3H3. The molecule has 5 heteroatoms. The van der Waals surface area contributed by atoms with Crippen LogP contribution >= 0.6 is 0 Å². The molecular formula is C14H21NO4. The molecule has 1 aliphatic heterocycles. The number of aliphatic hydroxyl groups excluding tert-OH is 1. The summed E-state index contributed by atoms with van der Waals surface area (Å²) in [5, 5.41) is 9.62. The molecule has 2 rings (SSSR count). The van der Waals surface area contributed by atoms with Crippen LogP contribution < -0.4 is 9.47 Å². The molecule has 0 aromatic heterocycles. The van der Waals surface area contributed by atoms with Gasteiger partial charge in [-0.1, -0.05) is 0 Å². The van der Waals surface area contributed by atoms with Crippen LogP contribution in [0.2, 0.25) is 0 Å². The summed E-state index contributed by atoms with van der Waals surface area (Å²) in [6.45, 7) is 4.01. The van der Waals surface area contributed by atoms with E-state index in [2.05, 4.69) is 4.90 Å². The van der Waals surface area contributed by atoms with E-state index >= 15 is 0 Å². The van der Waals surface area contributed by atoms with E-state index in [4.69, 9.17) is 14.2 Å². The summed E-state index contributed by atoms with van der Waals surface area (Å²) in [5.74, 6) is 1.55. The Hall–Kier alpha value is -1.30. The zero-order valence-electron chi connectivity index (χ0n) is 11.6. The Morgan fingerprint density at radius 2 is 1.84 bits per heavy atom. The lowest BCUT2D eigenvalue weighted by Gasteiger charge is -2.34. The first kappa shape index (κ1) is 14.1. The molecule has 1 N–H and O–H groups in total. The zero-order valence-corrected chi connectivity index (χ0v) is 11.6. The van der Waals surface area contributed by atoms with Crippen molar-refractivity contribution in [2.24, 2.45) is 0 Å². The van der Waals surface area contributed by atoms with Gasteiger partial charge in [0.2, 0.25) is 0 Å². The molecule has 0 amide bonds. The molecule has 2 unspecified atom stereocenters. The zero-order chi connectivity index (χ0) is 13.8. The molecule has 0 spiro atoms. The minimum Gasteiger partial charge on any atom is -0.497 e. The van der Waals surface area contributed by atoms with Gasteiger partial charge in [0.15, 0.2) is 6.29 Å². The highest BCUT2D eigenvalue weighted by Gasteiger charge is 2.23. The maximum Gasteiger partial charge on any atom is 0.167 e. The summed E-state index contributed by atoms with van der Waals surface area (Å²) in [4.78, 5) is 2.16. The third-order valence-corrected chi connectivity index (χ3v) is 3.14. The largest absolute Gasteiger partial charge is 0.497 e. The summed E-state index contributed by atoms with van der Waals surface area (Å²) >= 11 is 0. The second-order valence-electron chi connectivity index (χ2n) is 4.82. The fourth-order valence-corrected chi connectivity index (χ4v) is 2.36. The molecule has 1 heterocycles. The average Bonchev–Trinajstić information content (AvgIpc) is 2.37. The van der Waals surface area contributed by atoms with Crippen molar-refractivity contribution < 1.29 is 19.3 Å². The first-order valence-corrected chi connectivity index (χ1v) is 6.38. The van der Waals surface area contributed by atoms with E-state index in [-0.39, 0.29) is 6.10 Å². The van der Waals surface area contributed by atoms with Gasteiger partial charge < -0.3 is 19.3 Å². The van der Waals surface area contributed by atoms with Gasteiger partial charge in [0.25, 0.3) is 0 Å². The summed E-state index contributed by atoms with van der Waals surface area (Å²) in [7, 11) is 3.28. The van der Waals surface area contributed by atoms with Crippen LogP contribution in [-0.4, -0.2) is 49.7 Å². The van der Waals surface area contributed by atoms with Crippen LogP contribution in [0.15, 0.2) is 18.2 Å². The van der Waals surface area contributed by atoms with Crippen molar-refractivity contribution in [2.75, 3.05) is 27.3 Å². The molecule has 1 aromatic carbocycles. The van der Waals surface area contributed by atoms with Gasteiger partial charge in [-0.3, -0.25) is 4.90 Å². The maximum atomic E-state index is 9.62. The highest BCUT2D eigenvalue weighted by molar-refractivity contribution is 5.38. The predicted octanol–water partition coefficient (Wildman–Crippen LogP) is 1.24. The summed E-state index contributed by atoms with van der Waals surface area (Å²) in [6.07, 6.45) is -0.674. The fourth-order valence-electron chi connectivity index (χ4n) is 2.36. The van der Waals surface area contributed by atoms with Crippen molar-refractivity contribution in [3.8, 4) is 11.5 Å². The Morgan fingerprint density at radius 3 is 2.37 bits per heavy atom. The van der Waals surface area contributed by atoms with Crippen LogP contribution in [0.5, 0.6) is 11.5 Å². The SMILES string of the molecule is COc1cc(CN2CC(C)OC(O)C2)cc(OC)c1. The molecule has 0 bridgehead atoms. The third kappa shape index (κ3) is 3.83. The monoisotopic (exact) mass is 267 g/mol. The first-order chi connectivity index (χ1) is 9.10. The lowest BCUT2D eigenvalue weighted by molar-refractivity contribution is -0.179. The van der Waals surface area contributed by atoms with E-state index in [1.54, 1.807) is 14.2 Å². The number of benzene rings is 1. The van der Waals surface area contributed by atoms with Crippen molar-refractivity contribution in [2.45, 2.75) is 25.9 Å². The molecule has 19 heavy (non-hydrogen) atoms. The van der Waals surface area contributed by atoms with E-state index < -0.39 is 6.29 Å². The van der Waals surface area contributed by atoms with Crippen molar-refractivity contribution in [1.29, 1.82) is 0 Å². The quantitative estimate of drug-likeness (QED) is 0.889. The second kappa shape index (κ2) is 6.23. The molecule has 5 nitrogen and oxygen atoms in total. The van der Waals surface area contributed by atoms with E-state index in [0.717, 1.165) is 30.2 Å². The van der Waals surface area contributed by atoms with Gasteiger partial charge in [-0.15, -0.1) is 0 Å². The van der Waals surface area contributed by atoms with Crippen LogP contribution in [0.1, 0.15) is 12.5 Å². The van der Waals surface area contributed by atoms with Crippen LogP contribution in [0, 0.1) is 0 Å². The Labute approximate surface area is 113 Å². The van der Waals surface area contributed by atoms with Gasteiger partial charge in [-0.2, -0.15) is 0 Å². The summed E-state index contributed by atoms with van der Waals surface area (Å²) < 4.78 is 15.8. The van der Waals surface area contributed by atoms with E-state index in [1.807, 2.05) is 25.1 Å². The molecule has 0 saturated carbocycles. The Morgan fingerprint density at radius 1 is 1.21 bits per heavy atom. The minimum absolute atomic E-state index is 0.0382. The van der Waals surface area contributed by atoms with Crippen molar-refractivity contribution in [1.82, 2.24) is 4.90 Å². The molecule has 1 aliphatic rings. The van der Waals surface area contributed by atoms with E-state index in [1.165, 1.54) is 0 Å². The fraction of sp³-hybridized carbons (Fsp3) is 0.571. The van der Waals surface area contributed by atoms with Crippen LogP contribution in [0.25, 0.3) is 0 Å². The molecule has 2 atom stereocenters. The van der Waals surface area contributed by atoms with E-state index in [9.17, 15) is 5.11 Å². The van der Waals surface area contributed by atoms with Gasteiger partial charge in [0, 0.05) is 25.7 Å². The van der Waals surface area contributed by atoms with Crippen LogP contribution in [-0.2, 0) is 11.3 Å². The molecule has 0 radical (unpaired) electrons. The number of β-amino-alcohol motifs (C(OH)–C–C–N with tert-alkyl or cyclic N) is 1. The summed E-state index contributed by atoms with van der Waals surface area (Å²) in [6, 6.07) is 5.81. The third-order valence-electron chi connectivity index (χ3n) is 3.14. The minimum atomic E-state index is -0.712. The Balaban J connectivity index is 2.09. The van der Waals surface area contributed by atoms with Crippen LogP contribution in [0.3, 0.4) is 0 Å². The molecule has 1 aromatic rings. The van der Waals surface area contributed by atoms with Gasteiger partial charge in [-0.25, -0.2) is 0 Å². The molecule has 1 fully saturated rings. The van der Waals surface area contributed by atoms with Gasteiger partial charge in [-0.05, 0) is 24.6 Å². The van der Waals surface area contributed by atoms with Crippen molar-refractivity contribution >= 4 is 0 Å². The van der Waals surface area contributed by atoms with Gasteiger partial charge in [0.1, 0.15) is 11.5 Å². The van der Waals surface area contributed by atoms with Gasteiger partial charge in [0.05, 0.1) is 20.3 Å². The molecule has 0 aliphatic carbocycles. The van der Waals surface area contributed by atoms with Crippen molar-refractivity contribution in [3.05, 3.63) is 23.8 Å². The number of hydrogen-bond acceptors (Lipinski definition) is 5. The molecule has 1 saturated heterocycles.